The van der Waals surface area contributed by atoms with Gasteiger partial charge in [0.25, 0.3) is 5.56 Å². The van der Waals surface area contributed by atoms with E-state index in [1.165, 1.54) is 0 Å². The van der Waals surface area contributed by atoms with Crippen molar-refractivity contribution >= 4 is 22.7 Å². The number of unbranched alkanes of at least 4 members (excludes halogenated alkanes) is 1. The summed E-state index contributed by atoms with van der Waals surface area (Å²) in [6.07, 6.45) is 2.29. The Morgan fingerprint density at radius 1 is 1.27 bits per heavy atom. The number of thioether (sulfide) groups is 1. The molecule has 0 bridgehead atoms. The molecule has 0 unspecified atom stereocenters. The maximum Gasteiger partial charge on any atom is 0.262 e. The maximum absolute atomic E-state index is 13.0. The monoisotopic (exact) mass is 373 g/mol. The first-order chi connectivity index (χ1) is 12.8. The molecule has 1 aromatic carbocycles. The predicted molar refractivity (Wildman–Crippen MR) is 103 cm³/mol. The van der Waals surface area contributed by atoms with Gasteiger partial charge in [0.15, 0.2) is 5.16 Å². The lowest BCUT2D eigenvalue weighted by Crippen LogP contribution is -3.14. The molecular weight excluding hydrogens is 348 g/mol. The molecule has 1 aliphatic heterocycles. The number of benzene rings is 1. The number of fused-ring (bicyclic) bond motifs is 1. The third-order valence-electron chi connectivity index (χ3n) is 4.60. The van der Waals surface area contributed by atoms with Crippen LogP contribution in [0, 0.1) is 11.3 Å². The molecule has 7 heteroatoms. The van der Waals surface area contributed by atoms with Crippen molar-refractivity contribution in [2.24, 2.45) is 0 Å². The maximum atomic E-state index is 13.0. The van der Waals surface area contributed by atoms with Gasteiger partial charge in [-0.15, -0.1) is 0 Å². The minimum absolute atomic E-state index is 0.0374. The van der Waals surface area contributed by atoms with E-state index >= 15 is 0 Å². The van der Waals surface area contributed by atoms with Crippen LogP contribution in [0.1, 0.15) is 19.3 Å². The molecular formula is C19H25N4O2S+. The van der Waals surface area contributed by atoms with E-state index in [0.29, 0.717) is 18.4 Å². The van der Waals surface area contributed by atoms with E-state index in [4.69, 9.17) is 15.0 Å². The Kier molecular flexibility index (Phi) is 7.06. The Morgan fingerprint density at radius 3 is 2.88 bits per heavy atom. The molecule has 0 spiro atoms. The Morgan fingerprint density at radius 2 is 2.08 bits per heavy atom. The SMILES string of the molecule is N#CCCCSc1nc2ccccc2c(=O)n1CCC[NH+]1CCOCC1. The van der Waals surface area contributed by atoms with Crippen molar-refractivity contribution in [3.05, 3.63) is 34.6 Å². The van der Waals surface area contributed by atoms with Crippen molar-refractivity contribution in [2.45, 2.75) is 31.0 Å². The smallest absolute Gasteiger partial charge is 0.262 e. The van der Waals surface area contributed by atoms with E-state index in [2.05, 4.69) is 6.07 Å². The first-order valence-electron chi connectivity index (χ1n) is 9.20. The Labute approximate surface area is 157 Å². The van der Waals surface area contributed by atoms with E-state index < -0.39 is 0 Å². The second-order valence-corrected chi connectivity index (χ2v) is 7.51. The number of aromatic nitrogens is 2. The Bertz CT molecular complexity index is 824. The first-order valence-corrected chi connectivity index (χ1v) is 10.2. The summed E-state index contributed by atoms with van der Waals surface area (Å²) in [5.74, 6) is 0.799. The normalized spacial score (nSPS) is 15.2. The van der Waals surface area contributed by atoms with Crippen molar-refractivity contribution in [1.82, 2.24) is 9.55 Å². The molecule has 1 saturated heterocycles. The average molecular weight is 374 g/mol. The van der Waals surface area contributed by atoms with Gasteiger partial charge in [0.05, 0.1) is 36.7 Å². The molecule has 1 fully saturated rings. The van der Waals surface area contributed by atoms with Gasteiger partial charge in [-0.25, -0.2) is 4.98 Å². The van der Waals surface area contributed by atoms with E-state index in [-0.39, 0.29) is 5.56 Å². The molecule has 1 aromatic heterocycles. The molecule has 26 heavy (non-hydrogen) atoms. The largest absolute Gasteiger partial charge is 0.370 e. The lowest BCUT2D eigenvalue weighted by molar-refractivity contribution is -0.908. The van der Waals surface area contributed by atoms with Crippen LogP contribution in [0.25, 0.3) is 10.9 Å². The number of morpholine rings is 1. The standard InChI is InChI=1S/C19H24N4O2S/c20-8-3-4-15-26-19-21-17-7-2-1-6-16(17)18(24)23(19)10-5-9-22-11-13-25-14-12-22/h1-2,6-7H,3-5,9-15H2/p+1. The lowest BCUT2D eigenvalue weighted by atomic mass is 10.2. The van der Waals surface area contributed by atoms with Crippen LogP contribution in [0.4, 0.5) is 0 Å². The second-order valence-electron chi connectivity index (χ2n) is 6.44. The van der Waals surface area contributed by atoms with Crippen LogP contribution in [0.3, 0.4) is 0 Å². The van der Waals surface area contributed by atoms with Crippen LogP contribution in [0.5, 0.6) is 0 Å². The van der Waals surface area contributed by atoms with Gasteiger partial charge < -0.3 is 9.64 Å². The highest BCUT2D eigenvalue weighted by molar-refractivity contribution is 7.99. The molecule has 0 amide bonds. The van der Waals surface area contributed by atoms with Crippen molar-refractivity contribution in [3.63, 3.8) is 0 Å². The van der Waals surface area contributed by atoms with Crippen LogP contribution in [-0.2, 0) is 11.3 Å². The number of ether oxygens (including phenoxy) is 1. The van der Waals surface area contributed by atoms with Gasteiger partial charge in [-0.3, -0.25) is 9.36 Å². The van der Waals surface area contributed by atoms with Gasteiger partial charge in [0, 0.05) is 25.1 Å². The molecule has 138 valence electrons. The first kappa shape index (κ1) is 18.9. The van der Waals surface area contributed by atoms with Crippen LogP contribution < -0.4 is 10.5 Å². The molecule has 2 aromatic rings. The van der Waals surface area contributed by atoms with Crippen molar-refractivity contribution in [2.75, 3.05) is 38.6 Å². The molecule has 0 aliphatic carbocycles. The van der Waals surface area contributed by atoms with Crippen LogP contribution in [0.2, 0.25) is 0 Å². The number of hydrogen-bond acceptors (Lipinski definition) is 5. The Hall–Kier alpha value is -1.88. The van der Waals surface area contributed by atoms with Gasteiger partial charge in [-0.05, 0) is 18.6 Å². The summed E-state index contributed by atoms with van der Waals surface area (Å²) >= 11 is 1.58. The summed E-state index contributed by atoms with van der Waals surface area (Å²) in [7, 11) is 0. The van der Waals surface area contributed by atoms with Crippen molar-refractivity contribution in [1.29, 1.82) is 5.26 Å². The van der Waals surface area contributed by atoms with Gasteiger partial charge >= 0.3 is 0 Å². The number of quaternary nitrogens is 1. The summed E-state index contributed by atoms with van der Waals surface area (Å²) < 4.78 is 7.22. The van der Waals surface area contributed by atoms with Gasteiger partial charge in [-0.1, -0.05) is 23.9 Å². The Balaban J connectivity index is 1.75. The van der Waals surface area contributed by atoms with E-state index in [1.807, 2.05) is 28.8 Å². The third kappa shape index (κ3) is 4.85. The van der Waals surface area contributed by atoms with Crippen LogP contribution in [-0.4, -0.2) is 48.2 Å². The van der Waals surface area contributed by atoms with E-state index in [9.17, 15) is 4.79 Å². The molecule has 6 nitrogen and oxygen atoms in total. The number of hydrogen-bond donors (Lipinski definition) is 1. The quantitative estimate of drug-likeness (QED) is 0.426. The molecule has 3 rings (SSSR count). The zero-order valence-corrected chi connectivity index (χ0v) is 15.8. The van der Waals surface area contributed by atoms with Crippen LogP contribution in [0.15, 0.2) is 34.2 Å². The fourth-order valence-electron chi connectivity index (χ4n) is 3.17. The van der Waals surface area contributed by atoms with Crippen molar-refractivity contribution < 1.29 is 9.64 Å². The van der Waals surface area contributed by atoms with Crippen molar-refractivity contribution in [3.8, 4) is 6.07 Å². The lowest BCUT2D eigenvalue weighted by Gasteiger charge is -2.24. The average Bonchev–Trinajstić information content (AvgIpc) is 2.68. The number of rotatable bonds is 8. The van der Waals surface area contributed by atoms with E-state index in [0.717, 1.165) is 62.1 Å². The second kappa shape index (κ2) is 9.72. The topological polar surface area (TPSA) is 72.3 Å². The molecule has 0 radical (unpaired) electrons. The molecule has 0 saturated carbocycles. The summed E-state index contributed by atoms with van der Waals surface area (Å²) in [6.45, 7) is 5.46. The van der Waals surface area contributed by atoms with Gasteiger partial charge in [0.1, 0.15) is 13.1 Å². The minimum atomic E-state index is 0.0374. The van der Waals surface area contributed by atoms with Gasteiger partial charge in [0.2, 0.25) is 0 Å². The molecule has 0 atom stereocenters. The zero-order chi connectivity index (χ0) is 18.2. The molecule has 1 N–H and O–H groups in total. The third-order valence-corrected chi connectivity index (χ3v) is 5.67. The molecule has 1 aliphatic rings. The number of para-hydroxylation sites is 1. The van der Waals surface area contributed by atoms with Gasteiger partial charge in [-0.2, -0.15) is 5.26 Å². The predicted octanol–water partition coefficient (Wildman–Crippen LogP) is 1.10. The van der Waals surface area contributed by atoms with Crippen LogP contribution >= 0.6 is 11.8 Å². The summed E-state index contributed by atoms with van der Waals surface area (Å²) in [5, 5.41) is 10.1. The summed E-state index contributed by atoms with van der Waals surface area (Å²) in [6, 6.07) is 9.69. The minimum Gasteiger partial charge on any atom is -0.370 e. The highest BCUT2D eigenvalue weighted by atomic mass is 32.2. The fraction of sp³-hybridized carbons (Fsp3) is 0.526. The zero-order valence-electron chi connectivity index (χ0n) is 14.9. The fourth-order valence-corrected chi connectivity index (χ4v) is 4.13. The summed E-state index contributed by atoms with van der Waals surface area (Å²) in [4.78, 5) is 19.2. The molecule has 2 heterocycles. The highest BCUT2D eigenvalue weighted by Crippen LogP contribution is 2.19. The number of nitrogens with one attached hydrogen (secondary N) is 1. The van der Waals surface area contributed by atoms with E-state index in [1.54, 1.807) is 16.7 Å². The number of nitriles is 1. The highest BCUT2D eigenvalue weighted by Gasteiger charge is 2.15. The summed E-state index contributed by atoms with van der Waals surface area (Å²) in [5.41, 5.74) is 0.783. The number of nitrogens with zero attached hydrogens (tertiary/aromatic N) is 3.